The molecule has 0 amide bonds. The van der Waals surface area contributed by atoms with Gasteiger partial charge in [-0.05, 0) is 56.1 Å². The minimum Gasteiger partial charge on any atom is -0.282 e. The molecule has 3 nitrogen and oxygen atoms in total. The van der Waals surface area contributed by atoms with Gasteiger partial charge in [0.1, 0.15) is 0 Å². The highest BCUT2D eigenvalue weighted by Crippen LogP contribution is 2.20. The molecule has 96 valence electrons. The molecule has 0 bridgehead atoms. The molecular weight excluding hydrogens is 384 g/mol. The van der Waals surface area contributed by atoms with Crippen molar-refractivity contribution in [1.29, 1.82) is 0 Å². The summed E-state index contributed by atoms with van der Waals surface area (Å²) in [5.41, 5.74) is 0. The van der Waals surface area contributed by atoms with Gasteiger partial charge >= 0.3 is 0 Å². The summed E-state index contributed by atoms with van der Waals surface area (Å²) in [5.74, 6) is 0. The van der Waals surface area contributed by atoms with E-state index in [2.05, 4.69) is 31.9 Å². The van der Waals surface area contributed by atoms with Gasteiger partial charge in [-0.15, -0.1) is 0 Å². The van der Waals surface area contributed by atoms with Crippen LogP contribution in [0.2, 0.25) is 0 Å². The molecule has 0 saturated heterocycles. The maximum atomic E-state index is 10.4. The highest BCUT2D eigenvalue weighted by Gasteiger charge is 2.05. The van der Waals surface area contributed by atoms with Gasteiger partial charge in [-0.3, -0.25) is 4.55 Å². The van der Waals surface area contributed by atoms with E-state index in [0.29, 0.717) is 0 Å². The Labute approximate surface area is 123 Å². The van der Waals surface area contributed by atoms with Crippen LogP contribution in [0.25, 0.3) is 0 Å². The average molecular weight is 394 g/mol. The lowest BCUT2D eigenvalue weighted by Crippen LogP contribution is -1.96. The molecule has 0 aliphatic heterocycles. The quantitative estimate of drug-likeness (QED) is 0.740. The molecule has 0 saturated carbocycles. The molecule has 0 radical (unpaired) electrons. The van der Waals surface area contributed by atoms with Crippen LogP contribution in [0, 0.1) is 0 Å². The Morgan fingerprint density at radius 2 is 1.17 bits per heavy atom. The van der Waals surface area contributed by atoms with Gasteiger partial charge in [0, 0.05) is 8.95 Å². The SMILES string of the molecule is Brc1ccccc1Br.O=S(=O)(O)c1ccccc1. The van der Waals surface area contributed by atoms with Crippen LogP contribution in [0.5, 0.6) is 0 Å². The van der Waals surface area contributed by atoms with Crippen molar-refractivity contribution in [2.45, 2.75) is 4.90 Å². The number of hydrogen-bond acceptors (Lipinski definition) is 2. The normalized spacial score (nSPS) is 10.4. The topological polar surface area (TPSA) is 54.4 Å². The fourth-order valence-corrected chi connectivity index (χ4v) is 2.10. The van der Waals surface area contributed by atoms with E-state index in [9.17, 15) is 8.42 Å². The number of hydrogen-bond donors (Lipinski definition) is 1. The Bertz CT molecular complexity index is 577. The number of rotatable bonds is 1. The summed E-state index contributed by atoms with van der Waals surface area (Å²) in [6.45, 7) is 0. The molecule has 6 heteroatoms. The summed E-state index contributed by atoms with van der Waals surface area (Å²) in [6.07, 6.45) is 0. The van der Waals surface area contributed by atoms with Crippen LogP contribution >= 0.6 is 31.9 Å². The molecule has 0 heterocycles. The molecule has 2 rings (SSSR count). The molecule has 0 unspecified atom stereocenters. The Morgan fingerprint density at radius 1 is 0.778 bits per heavy atom. The average Bonchev–Trinajstić information content (AvgIpc) is 2.34. The molecule has 2 aromatic carbocycles. The van der Waals surface area contributed by atoms with E-state index in [-0.39, 0.29) is 4.90 Å². The lowest BCUT2D eigenvalue weighted by molar-refractivity contribution is 0.483. The van der Waals surface area contributed by atoms with Crippen LogP contribution in [0.15, 0.2) is 68.4 Å². The third kappa shape index (κ3) is 5.30. The first kappa shape index (κ1) is 15.4. The van der Waals surface area contributed by atoms with Crippen LogP contribution in [0.3, 0.4) is 0 Å². The van der Waals surface area contributed by atoms with E-state index in [4.69, 9.17) is 4.55 Å². The molecule has 2 aromatic rings. The fraction of sp³-hybridized carbons (Fsp3) is 0. The minimum atomic E-state index is -4.00. The monoisotopic (exact) mass is 392 g/mol. The second-order valence-electron chi connectivity index (χ2n) is 3.20. The minimum absolute atomic E-state index is 0.0741. The van der Waals surface area contributed by atoms with Gasteiger partial charge in [0.2, 0.25) is 0 Å². The Kier molecular flexibility index (Phi) is 6.01. The largest absolute Gasteiger partial charge is 0.294 e. The predicted octanol–water partition coefficient (Wildman–Crippen LogP) is 4.14. The van der Waals surface area contributed by atoms with Crippen LogP contribution < -0.4 is 0 Å². The molecule has 0 aliphatic rings. The van der Waals surface area contributed by atoms with Gasteiger partial charge in [0.15, 0.2) is 0 Å². The lowest BCUT2D eigenvalue weighted by atomic mass is 10.4. The summed E-state index contributed by atoms with van der Waals surface area (Å²) in [7, 11) is -4.00. The summed E-state index contributed by atoms with van der Waals surface area (Å²) in [4.78, 5) is -0.0741. The molecule has 0 aliphatic carbocycles. The first-order chi connectivity index (χ1) is 8.41. The zero-order valence-electron chi connectivity index (χ0n) is 9.12. The Balaban J connectivity index is 0.000000184. The third-order valence-electron chi connectivity index (χ3n) is 1.87. The Morgan fingerprint density at radius 3 is 1.44 bits per heavy atom. The molecule has 18 heavy (non-hydrogen) atoms. The van der Waals surface area contributed by atoms with Crippen molar-refractivity contribution in [1.82, 2.24) is 0 Å². The van der Waals surface area contributed by atoms with Crippen molar-refractivity contribution in [3.05, 3.63) is 63.5 Å². The standard InChI is InChI=1S/C6H4Br2.C6H6O3S/c7-5-3-1-2-4-6(5)8;7-10(8,9)6-4-2-1-3-5-6/h1-4H;1-5H,(H,7,8,9). The summed E-state index contributed by atoms with van der Waals surface area (Å²) >= 11 is 6.70. The van der Waals surface area contributed by atoms with E-state index in [1.807, 2.05) is 24.3 Å². The molecular formula is C12H10Br2O3S. The van der Waals surface area contributed by atoms with Crippen molar-refractivity contribution in [3.8, 4) is 0 Å². The number of halogens is 2. The first-order valence-electron chi connectivity index (χ1n) is 4.84. The molecule has 1 N–H and O–H groups in total. The van der Waals surface area contributed by atoms with E-state index in [1.165, 1.54) is 12.1 Å². The van der Waals surface area contributed by atoms with Crippen molar-refractivity contribution < 1.29 is 13.0 Å². The summed E-state index contributed by atoms with van der Waals surface area (Å²) in [6, 6.07) is 15.4. The van der Waals surface area contributed by atoms with Gasteiger partial charge in [-0.1, -0.05) is 30.3 Å². The molecule has 0 aromatic heterocycles. The van der Waals surface area contributed by atoms with Crippen LogP contribution in [0.1, 0.15) is 0 Å². The zero-order chi connectivity index (χ0) is 13.6. The van der Waals surface area contributed by atoms with Crippen LogP contribution in [-0.4, -0.2) is 13.0 Å². The number of benzene rings is 2. The van der Waals surface area contributed by atoms with Crippen molar-refractivity contribution >= 4 is 42.0 Å². The third-order valence-corrected chi connectivity index (χ3v) is 4.65. The van der Waals surface area contributed by atoms with Gasteiger partial charge in [-0.2, -0.15) is 8.42 Å². The summed E-state index contributed by atoms with van der Waals surface area (Å²) < 4.78 is 31.4. The fourth-order valence-electron chi connectivity index (χ4n) is 1.03. The highest BCUT2D eigenvalue weighted by atomic mass is 79.9. The van der Waals surface area contributed by atoms with Crippen LogP contribution in [-0.2, 0) is 10.1 Å². The summed E-state index contributed by atoms with van der Waals surface area (Å²) in [5, 5.41) is 0. The zero-order valence-corrected chi connectivity index (χ0v) is 13.1. The second kappa shape index (κ2) is 7.04. The molecule has 0 fully saturated rings. The maximum Gasteiger partial charge on any atom is 0.294 e. The van der Waals surface area contributed by atoms with Crippen LogP contribution in [0.4, 0.5) is 0 Å². The Hall–Kier alpha value is -0.690. The van der Waals surface area contributed by atoms with E-state index < -0.39 is 10.1 Å². The molecule has 0 atom stereocenters. The van der Waals surface area contributed by atoms with Crippen molar-refractivity contribution in [3.63, 3.8) is 0 Å². The van der Waals surface area contributed by atoms with Gasteiger partial charge < -0.3 is 0 Å². The second-order valence-corrected chi connectivity index (χ2v) is 6.33. The maximum absolute atomic E-state index is 10.4. The van der Waals surface area contributed by atoms with E-state index >= 15 is 0 Å². The van der Waals surface area contributed by atoms with Gasteiger partial charge in [0.05, 0.1) is 4.90 Å². The smallest absolute Gasteiger partial charge is 0.282 e. The van der Waals surface area contributed by atoms with Gasteiger partial charge in [0.25, 0.3) is 10.1 Å². The lowest BCUT2D eigenvalue weighted by Gasteiger charge is -1.92. The first-order valence-corrected chi connectivity index (χ1v) is 7.86. The molecule has 0 spiro atoms. The van der Waals surface area contributed by atoms with Gasteiger partial charge in [-0.25, -0.2) is 0 Å². The van der Waals surface area contributed by atoms with Crippen molar-refractivity contribution in [2.75, 3.05) is 0 Å². The highest BCUT2D eigenvalue weighted by molar-refractivity contribution is 9.13. The van der Waals surface area contributed by atoms with E-state index in [1.54, 1.807) is 18.2 Å². The predicted molar refractivity (Wildman–Crippen MR) is 78.1 cm³/mol. The van der Waals surface area contributed by atoms with E-state index in [0.717, 1.165) is 8.95 Å². The van der Waals surface area contributed by atoms with Crippen molar-refractivity contribution in [2.24, 2.45) is 0 Å².